The van der Waals surface area contributed by atoms with Gasteiger partial charge in [0.05, 0.1) is 34.5 Å². The van der Waals surface area contributed by atoms with Gasteiger partial charge in [-0.2, -0.15) is 5.10 Å². The number of piperazine rings is 1. The van der Waals surface area contributed by atoms with Crippen LogP contribution in [-0.2, 0) is 13.6 Å². The van der Waals surface area contributed by atoms with Gasteiger partial charge < -0.3 is 25.1 Å². The smallest absolute Gasteiger partial charge is 0.261 e. The van der Waals surface area contributed by atoms with E-state index in [2.05, 4.69) is 54.3 Å². The molecule has 4 aromatic heterocycles. The second-order valence-corrected chi connectivity index (χ2v) is 9.02. The average Bonchev–Trinajstić information content (AvgIpc) is 3.45. The number of pyridine rings is 2. The molecule has 10 heteroatoms. The SMILES string of the molecule is CN1CCN(c2ccc3nc(-c4c(NCc5ccccn5)c5nn(C)cc5[nH]c4=O)[nH]c3c2)CC1. The molecular weight excluding hydrogens is 442 g/mol. The Morgan fingerprint density at radius 1 is 1.03 bits per heavy atom. The Labute approximate surface area is 201 Å². The summed E-state index contributed by atoms with van der Waals surface area (Å²) in [5.74, 6) is 0.507. The molecule has 0 radical (unpaired) electrons. The van der Waals surface area contributed by atoms with Crippen LogP contribution >= 0.6 is 0 Å². The number of H-pyrrole nitrogens is 2. The predicted octanol–water partition coefficient (Wildman–Crippen LogP) is 2.56. The van der Waals surface area contributed by atoms with Gasteiger partial charge in [-0.15, -0.1) is 0 Å². The van der Waals surface area contributed by atoms with Gasteiger partial charge in [-0.3, -0.25) is 14.5 Å². The maximum atomic E-state index is 13.3. The molecule has 0 bridgehead atoms. The summed E-state index contributed by atoms with van der Waals surface area (Å²) in [7, 11) is 3.98. The fourth-order valence-corrected chi connectivity index (χ4v) is 4.64. The Hall–Kier alpha value is -4.18. The molecule has 35 heavy (non-hydrogen) atoms. The molecule has 5 aromatic rings. The van der Waals surface area contributed by atoms with Crippen molar-refractivity contribution in [1.29, 1.82) is 0 Å². The van der Waals surface area contributed by atoms with Gasteiger partial charge in [0.2, 0.25) is 0 Å². The molecule has 0 spiro atoms. The molecule has 0 saturated carbocycles. The highest BCUT2D eigenvalue weighted by Gasteiger charge is 2.21. The van der Waals surface area contributed by atoms with E-state index in [-0.39, 0.29) is 5.56 Å². The first-order chi connectivity index (χ1) is 17.0. The maximum Gasteiger partial charge on any atom is 0.261 e. The third-order valence-electron chi connectivity index (χ3n) is 6.53. The molecule has 1 saturated heterocycles. The number of rotatable bonds is 5. The van der Waals surface area contributed by atoms with Crippen molar-refractivity contribution >= 4 is 33.4 Å². The molecule has 0 atom stereocenters. The number of aromatic nitrogens is 6. The van der Waals surface area contributed by atoms with Crippen LogP contribution in [0, 0.1) is 0 Å². The molecule has 3 N–H and O–H groups in total. The molecule has 10 nitrogen and oxygen atoms in total. The summed E-state index contributed by atoms with van der Waals surface area (Å²) in [4.78, 5) is 33.5. The van der Waals surface area contributed by atoms with E-state index in [1.807, 2.05) is 31.3 Å². The number of hydrogen-bond donors (Lipinski definition) is 3. The molecule has 178 valence electrons. The van der Waals surface area contributed by atoms with Crippen LogP contribution in [0.5, 0.6) is 0 Å². The fourth-order valence-electron chi connectivity index (χ4n) is 4.64. The summed E-state index contributed by atoms with van der Waals surface area (Å²) in [5, 5.41) is 8.00. The van der Waals surface area contributed by atoms with E-state index >= 15 is 0 Å². The van der Waals surface area contributed by atoms with Gasteiger partial charge in [0, 0.05) is 51.3 Å². The zero-order valence-electron chi connectivity index (χ0n) is 19.7. The highest BCUT2D eigenvalue weighted by atomic mass is 16.1. The second kappa shape index (κ2) is 8.55. The summed E-state index contributed by atoms with van der Waals surface area (Å²) in [6.45, 7) is 4.51. The van der Waals surface area contributed by atoms with E-state index in [9.17, 15) is 4.79 Å². The average molecular weight is 470 g/mol. The minimum absolute atomic E-state index is 0.229. The fraction of sp³-hybridized carbons (Fsp3) is 0.280. The van der Waals surface area contributed by atoms with Crippen LogP contribution in [0.3, 0.4) is 0 Å². The molecule has 0 unspecified atom stereocenters. The van der Waals surface area contributed by atoms with Crippen LogP contribution < -0.4 is 15.8 Å². The van der Waals surface area contributed by atoms with Crippen LogP contribution in [0.25, 0.3) is 33.5 Å². The lowest BCUT2D eigenvalue weighted by molar-refractivity contribution is 0.313. The largest absolute Gasteiger partial charge is 0.377 e. The van der Waals surface area contributed by atoms with Crippen molar-refractivity contribution in [2.45, 2.75) is 6.54 Å². The first kappa shape index (κ1) is 21.4. The second-order valence-electron chi connectivity index (χ2n) is 9.02. The number of hydrogen-bond acceptors (Lipinski definition) is 7. The lowest BCUT2D eigenvalue weighted by Gasteiger charge is -2.34. The zero-order valence-corrected chi connectivity index (χ0v) is 19.7. The summed E-state index contributed by atoms with van der Waals surface area (Å²) in [6.07, 6.45) is 3.55. The summed E-state index contributed by atoms with van der Waals surface area (Å²) in [5.41, 5.74) is 5.91. The van der Waals surface area contributed by atoms with E-state index in [1.54, 1.807) is 17.1 Å². The van der Waals surface area contributed by atoms with Gasteiger partial charge in [0.25, 0.3) is 5.56 Å². The number of fused-ring (bicyclic) bond motifs is 2. The quantitative estimate of drug-likeness (QED) is 0.363. The van der Waals surface area contributed by atoms with Crippen LogP contribution in [0.2, 0.25) is 0 Å². The van der Waals surface area contributed by atoms with E-state index < -0.39 is 0 Å². The van der Waals surface area contributed by atoms with Gasteiger partial charge in [-0.1, -0.05) is 6.07 Å². The molecular formula is C25H27N9O. The number of nitrogens with one attached hydrogen (secondary N) is 3. The molecule has 1 aromatic carbocycles. The van der Waals surface area contributed by atoms with Crippen molar-refractivity contribution in [2.75, 3.05) is 43.4 Å². The monoisotopic (exact) mass is 469 g/mol. The Morgan fingerprint density at radius 2 is 1.89 bits per heavy atom. The Balaban J connectivity index is 1.42. The standard InChI is InChI=1S/C25H27N9O/c1-32-9-11-34(12-10-32)17-6-7-18-19(13-17)29-24(28-18)21-23(27-14-16-5-3-4-8-26-16)22-20(30-25(21)35)15-33(2)31-22/h3-8,13,15,27H,9-12,14H2,1-2H3,(H,28,29)(H,30,35). The van der Waals surface area contributed by atoms with Crippen molar-refractivity contribution in [3.63, 3.8) is 0 Å². The number of imidazole rings is 1. The molecule has 1 aliphatic rings. The lowest BCUT2D eigenvalue weighted by Crippen LogP contribution is -2.44. The normalized spacial score (nSPS) is 14.7. The van der Waals surface area contributed by atoms with Gasteiger partial charge in [-0.05, 0) is 37.4 Å². The van der Waals surface area contributed by atoms with Gasteiger partial charge in [0.15, 0.2) is 0 Å². The van der Waals surface area contributed by atoms with Gasteiger partial charge in [-0.25, -0.2) is 4.98 Å². The number of likely N-dealkylation sites (N-methyl/N-ethyl adjacent to an activating group) is 1. The number of aryl methyl sites for hydroxylation is 1. The minimum atomic E-state index is -0.229. The van der Waals surface area contributed by atoms with Crippen LogP contribution in [0.4, 0.5) is 11.4 Å². The molecule has 5 heterocycles. The van der Waals surface area contributed by atoms with E-state index in [0.29, 0.717) is 34.7 Å². The summed E-state index contributed by atoms with van der Waals surface area (Å²) < 4.78 is 1.69. The summed E-state index contributed by atoms with van der Waals surface area (Å²) in [6, 6.07) is 12.0. The lowest BCUT2D eigenvalue weighted by atomic mass is 10.1. The highest BCUT2D eigenvalue weighted by Crippen LogP contribution is 2.31. The molecule has 1 fully saturated rings. The predicted molar refractivity (Wildman–Crippen MR) is 138 cm³/mol. The first-order valence-corrected chi connectivity index (χ1v) is 11.7. The zero-order chi connectivity index (χ0) is 23.9. The highest BCUT2D eigenvalue weighted by molar-refractivity contribution is 5.96. The maximum absolute atomic E-state index is 13.3. The van der Waals surface area contributed by atoms with E-state index in [4.69, 9.17) is 4.98 Å². The minimum Gasteiger partial charge on any atom is -0.377 e. The van der Waals surface area contributed by atoms with E-state index in [0.717, 1.165) is 48.6 Å². The van der Waals surface area contributed by atoms with Gasteiger partial charge in [0.1, 0.15) is 16.9 Å². The van der Waals surface area contributed by atoms with Crippen molar-refractivity contribution in [3.05, 3.63) is 64.8 Å². The number of nitrogens with zero attached hydrogens (tertiary/aromatic N) is 6. The topological polar surface area (TPSA) is 111 Å². The van der Waals surface area contributed by atoms with Crippen molar-refractivity contribution in [1.82, 2.24) is 34.6 Å². The Bertz CT molecular complexity index is 1560. The third-order valence-corrected chi connectivity index (χ3v) is 6.53. The molecule has 6 rings (SSSR count). The number of anilines is 2. The van der Waals surface area contributed by atoms with Crippen LogP contribution in [0.1, 0.15) is 5.69 Å². The molecule has 1 aliphatic heterocycles. The third kappa shape index (κ3) is 4.01. The van der Waals surface area contributed by atoms with Crippen LogP contribution in [-0.4, -0.2) is 67.8 Å². The Kier molecular flexibility index (Phi) is 5.22. The van der Waals surface area contributed by atoms with Gasteiger partial charge >= 0.3 is 0 Å². The number of benzene rings is 1. The first-order valence-electron chi connectivity index (χ1n) is 11.7. The van der Waals surface area contributed by atoms with Crippen LogP contribution in [0.15, 0.2) is 53.6 Å². The van der Waals surface area contributed by atoms with Crippen molar-refractivity contribution in [3.8, 4) is 11.4 Å². The van der Waals surface area contributed by atoms with Crippen molar-refractivity contribution in [2.24, 2.45) is 7.05 Å². The summed E-state index contributed by atoms with van der Waals surface area (Å²) >= 11 is 0. The molecule has 0 aliphatic carbocycles. The van der Waals surface area contributed by atoms with Crippen molar-refractivity contribution < 1.29 is 0 Å². The molecule has 0 amide bonds. The van der Waals surface area contributed by atoms with E-state index in [1.165, 1.54) is 0 Å². The Morgan fingerprint density at radius 3 is 2.69 bits per heavy atom. The number of aromatic amines is 2.